The topological polar surface area (TPSA) is 143 Å². The minimum atomic E-state index is -0.964. The lowest BCUT2D eigenvalue weighted by atomic mass is 10.0. The number of hydrogen-bond acceptors (Lipinski definition) is 9. The third-order valence-electron chi connectivity index (χ3n) is 5.06. The second kappa shape index (κ2) is 8.61. The van der Waals surface area contributed by atoms with Gasteiger partial charge in [-0.05, 0) is 51.0 Å². The number of nitriles is 1. The number of likely N-dealkylation sites (tertiary alicyclic amines) is 1. The van der Waals surface area contributed by atoms with Crippen molar-refractivity contribution in [2.75, 3.05) is 37.2 Å². The van der Waals surface area contributed by atoms with E-state index in [1.54, 1.807) is 12.1 Å². The second-order valence-electron chi connectivity index (χ2n) is 7.03. The lowest BCUT2D eigenvalue weighted by Gasteiger charge is -2.15. The molecule has 4 heterocycles. The second-order valence-corrected chi connectivity index (χ2v) is 7.99. The largest absolute Gasteiger partial charge is 0.464 e. The maximum absolute atomic E-state index is 11.2. The summed E-state index contributed by atoms with van der Waals surface area (Å²) in [5, 5.41) is 13.8. The van der Waals surface area contributed by atoms with Crippen molar-refractivity contribution in [3.05, 3.63) is 24.0 Å². The molecule has 5 N–H and O–H groups in total. The summed E-state index contributed by atoms with van der Waals surface area (Å²) in [7, 11) is 0. The van der Waals surface area contributed by atoms with E-state index in [4.69, 9.17) is 20.6 Å². The van der Waals surface area contributed by atoms with Gasteiger partial charge < -0.3 is 30.8 Å². The zero-order valence-corrected chi connectivity index (χ0v) is 17.1. The van der Waals surface area contributed by atoms with Gasteiger partial charge >= 0.3 is 6.09 Å². The lowest BCUT2D eigenvalue weighted by Crippen LogP contribution is -2.22. The number of pyridine rings is 1. The quantitative estimate of drug-likeness (QED) is 0.488. The first-order valence-corrected chi connectivity index (χ1v) is 10.5. The van der Waals surface area contributed by atoms with Gasteiger partial charge in [0.2, 0.25) is 5.06 Å². The van der Waals surface area contributed by atoms with Crippen LogP contribution in [0.25, 0.3) is 21.5 Å². The molecule has 10 heteroatoms. The monoisotopic (exact) mass is 426 g/mol. The molecule has 0 saturated carbocycles. The van der Waals surface area contributed by atoms with Crippen molar-refractivity contribution in [3.8, 4) is 22.5 Å². The Balaban J connectivity index is 1.71. The predicted molar refractivity (Wildman–Crippen MR) is 115 cm³/mol. The van der Waals surface area contributed by atoms with E-state index in [9.17, 15) is 10.1 Å². The third-order valence-corrected chi connectivity index (χ3v) is 6.03. The van der Waals surface area contributed by atoms with Crippen molar-refractivity contribution in [2.45, 2.75) is 19.3 Å². The van der Waals surface area contributed by atoms with Crippen LogP contribution in [0.4, 0.5) is 16.3 Å². The number of carbonyl (C=O) groups is 1. The van der Waals surface area contributed by atoms with Gasteiger partial charge in [-0.1, -0.05) is 11.3 Å². The average molecular weight is 427 g/mol. The molecule has 3 aromatic heterocycles. The average Bonchev–Trinajstić information content (AvgIpc) is 3.47. The Morgan fingerprint density at radius 2 is 2.23 bits per heavy atom. The summed E-state index contributed by atoms with van der Waals surface area (Å²) in [5.74, 6) is 0.930. The summed E-state index contributed by atoms with van der Waals surface area (Å²) >= 11 is 1.10. The Bertz CT molecular complexity index is 1100. The predicted octanol–water partition coefficient (Wildman–Crippen LogP) is 3.37. The molecule has 0 spiro atoms. The number of anilines is 2. The molecule has 1 saturated heterocycles. The molecule has 1 aliphatic rings. The molecule has 9 nitrogen and oxygen atoms in total. The van der Waals surface area contributed by atoms with E-state index in [1.165, 1.54) is 19.1 Å². The number of carbonyl (C=O) groups excluding carboxylic acids is 1. The first-order chi connectivity index (χ1) is 14.6. The Morgan fingerprint density at radius 3 is 2.90 bits per heavy atom. The van der Waals surface area contributed by atoms with Gasteiger partial charge in [-0.15, -0.1) is 0 Å². The first kappa shape index (κ1) is 20.0. The summed E-state index contributed by atoms with van der Waals surface area (Å²) in [6.45, 7) is 3.97. The fourth-order valence-corrected chi connectivity index (χ4v) is 4.68. The number of nitrogen functional groups attached to an aromatic ring is 1. The van der Waals surface area contributed by atoms with Gasteiger partial charge in [0.15, 0.2) is 0 Å². The minimum Gasteiger partial charge on any atom is -0.464 e. The molecule has 4 rings (SSSR count). The van der Waals surface area contributed by atoms with E-state index in [0.717, 1.165) is 37.4 Å². The lowest BCUT2D eigenvalue weighted by molar-refractivity contribution is 0.212. The SMILES string of the molecule is N#Cc1c(NCCCN2CCCC2)nc2sc(OC(N)=O)c(N)c2c1-c1ccco1. The van der Waals surface area contributed by atoms with E-state index >= 15 is 0 Å². The van der Waals surface area contributed by atoms with Crippen molar-refractivity contribution in [2.24, 2.45) is 5.73 Å². The fourth-order valence-electron chi connectivity index (χ4n) is 3.72. The van der Waals surface area contributed by atoms with Gasteiger partial charge in [-0.2, -0.15) is 5.26 Å². The van der Waals surface area contributed by atoms with Gasteiger partial charge in [0.25, 0.3) is 0 Å². The number of hydrogen-bond donors (Lipinski definition) is 3. The van der Waals surface area contributed by atoms with Gasteiger partial charge in [0.1, 0.15) is 28.0 Å². The number of fused-ring (bicyclic) bond motifs is 1. The number of rotatable bonds is 7. The molecular formula is C20H22N6O3S. The van der Waals surface area contributed by atoms with Crippen molar-refractivity contribution in [1.82, 2.24) is 9.88 Å². The molecule has 0 atom stereocenters. The van der Waals surface area contributed by atoms with Crippen LogP contribution in [0.3, 0.4) is 0 Å². The fraction of sp³-hybridized carbons (Fsp3) is 0.350. The van der Waals surface area contributed by atoms with Gasteiger partial charge in [0.05, 0.1) is 22.9 Å². The summed E-state index contributed by atoms with van der Waals surface area (Å²) in [5.41, 5.74) is 12.4. The Hall–Kier alpha value is -3.29. The van der Waals surface area contributed by atoms with E-state index in [1.807, 2.05) is 0 Å². The zero-order chi connectivity index (χ0) is 21.1. The van der Waals surface area contributed by atoms with Crippen LogP contribution in [-0.2, 0) is 0 Å². The van der Waals surface area contributed by atoms with Gasteiger partial charge in [-0.3, -0.25) is 0 Å². The van der Waals surface area contributed by atoms with Crippen molar-refractivity contribution in [1.29, 1.82) is 5.26 Å². The smallest absolute Gasteiger partial charge is 0.410 e. The Morgan fingerprint density at radius 1 is 1.43 bits per heavy atom. The van der Waals surface area contributed by atoms with Crippen LogP contribution in [0.5, 0.6) is 5.06 Å². The zero-order valence-electron chi connectivity index (χ0n) is 16.3. The number of amides is 1. The van der Waals surface area contributed by atoms with Gasteiger partial charge in [-0.25, -0.2) is 9.78 Å². The molecule has 0 bridgehead atoms. The molecule has 0 aromatic carbocycles. The van der Waals surface area contributed by atoms with Crippen LogP contribution >= 0.6 is 11.3 Å². The molecule has 1 amide bonds. The maximum Gasteiger partial charge on any atom is 0.410 e. The molecule has 3 aromatic rings. The normalized spacial score (nSPS) is 14.1. The first-order valence-electron chi connectivity index (χ1n) is 9.72. The summed E-state index contributed by atoms with van der Waals surface area (Å²) in [6.07, 6.45) is 4.01. The molecule has 156 valence electrons. The Kier molecular flexibility index (Phi) is 5.74. The molecule has 0 unspecified atom stereocenters. The highest BCUT2D eigenvalue weighted by atomic mass is 32.1. The van der Waals surface area contributed by atoms with Gasteiger partial charge in [0, 0.05) is 6.54 Å². The summed E-state index contributed by atoms with van der Waals surface area (Å²) in [6, 6.07) is 5.71. The number of aromatic nitrogens is 1. The van der Waals surface area contributed by atoms with E-state index in [-0.39, 0.29) is 10.8 Å². The van der Waals surface area contributed by atoms with Crippen molar-refractivity contribution in [3.63, 3.8) is 0 Å². The number of primary amides is 1. The summed E-state index contributed by atoms with van der Waals surface area (Å²) < 4.78 is 10.6. The van der Waals surface area contributed by atoms with Crippen LogP contribution in [0.2, 0.25) is 0 Å². The Labute approximate surface area is 177 Å². The van der Waals surface area contributed by atoms with Crippen LogP contribution in [0.15, 0.2) is 22.8 Å². The van der Waals surface area contributed by atoms with Crippen molar-refractivity contribution >= 4 is 39.2 Å². The van der Waals surface area contributed by atoms with E-state index in [0.29, 0.717) is 39.5 Å². The highest BCUT2D eigenvalue weighted by molar-refractivity contribution is 7.21. The number of ether oxygens (including phenoxy) is 1. The molecule has 1 aliphatic heterocycles. The number of nitrogens with one attached hydrogen (secondary N) is 1. The van der Waals surface area contributed by atoms with E-state index < -0.39 is 6.09 Å². The minimum absolute atomic E-state index is 0.146. The van der Waals surface area contributed by atoms with Crippen LogP contribution < -0.4 is 21.5 Å². The van der Waals surface area contributed by atoms with E-state index in [2.05, 4.69) is 21.3 Å². The highest BCUT2D eigenvalue weighted by Crippen LogP contribution is 2.46. The van der Waals surface area contributed by atoms with Crippen molar-refractivity contribution < 1.29 is 13.9 Å². The number of thiophene rings is 1. The molecule has 1 fully saturated rings. The number of nitrogens with two attached hydrogens (primary N) is 2. The number of nitrogens with zero attached hydrogens (tertiary/aromatic N) is 3. The molecule has 0 radical (unpaired) electrons. The molecular weight excluding hydrogens is 404 g/mol. The molecule has 30 heavy (non-hydrogen) atoms. The molecule has 0 aliphatic carbocycles. The standard InChI is InChI=1S/C20H22N6O3S/c21-11-12-14(13-5-3-10-28-13)15-16(22)19(29-20(23)27)30-18(15)25-17(12)24-6-4-9-26-7-1-2-8-26/h3,5,10H,1-2,4,6-9,22H2,(H2,23,27)(H,24,25). The van der Waals surface area contributed by atoms with Crippen LogP contribution in [0.1, 0.15) is 24.8 Å². The van der Waals surface area contributed by atoms with Crippen LogP contribution in [0, 0.1) is 11.3 Å². The van der Waals surface area contributed by atoms with Crippen LogP contribution in [-0.4, -0.2) is 42.2 Å². The number of furan rings is 1. The third kappa shape index (κ3) is 3.90. The summed E-state index contributed by atoms with van der Waals surface area (Å²) in [4.78, 5) is 18.8. The maximum atomic E-state index is 11.2. The highest BCUT2D eigenvalue weighted by Gasteiger charge is 2.25.